The second-order valence-electron chi connectivity index (χ2n) is 8.15. The van der Waals surface area contributed by atoms with Gasteiger partial charge in [0.15, 0.2) is 0 Å². The normalized spacial score (nSPS) is 13.3. The Kier molecular flexibility index (Phi) is 11.1. The second kappa shape index (κ2) is 13.5. The zero-order valence-electron chi connectivity index (χ0n) is 20.4. The molecule has 1 saturated carbocycles. The van der Waals surface area contributed by atoms with Crippen LogP contribution in [0.5, 0.6) is 0 Å². The zero-order chi connectivity index (χ0) is 24.4. The lowest BCUT2D eigenvalue weighted by atomic mass is 9.97. The first kappa shape index (κ1) is 27.1. The van der Waals surface area contributed by atoms with E-state index in [-0.39, 0.29) is 5.92 Å². The highest BCUT2D eigenvalue weighted by atomic mass is 35.5. The Morgan fingerprint density at radius 2 is 1.82 bits per heavy atom. The maximum atomic E-state index is 10.8. The molecule has 0 saturated heterocycles. The van der Waals surface area contributed by atoms with Crippen LogP contribution in [-0.4, -0.2) is 16.1 Å². The molecule has 0 bridgehead atoms. The molecule has 0 aliphatic heterocycles. The van der Waals surface area contributed by atoms with E-state index in [1.165, 1.54) is 23.3 Å². The topological polar surface area (TPSA) is 50.2 Å². The summed E-state index contributed by atoms with van der Waals surface area (Å²) in [7, 11) is 0. The molecule has 1 fully saturated rings. The molecule has 178 valence electrons. The van der Waals surface area contributed by atoms with Crippen molar-refractivity contribution in [2.75, 3.05) is 0 Å². The predicted octanol–water partition coefficient (Wildman–Crippen LogP) is 8.71. The molecule has 3 nitrogen and oxygen atoms in total. The van der Waals surface area contributed by atoms with Crippen molar-refractivity contribution < 1.29 is 9.90 Å². The molecule has 1 unspecified atom stereocenters. The average Bonchev–Trinajstić information content (AvgIpc) is 3.59. The molecule has 1 heterocycles. The second-order valence-corrected chi connectivity index (χ2v) is 9.79. The minimum absolute atomic E-state index is 0.199. The van der Waals surface area contributed by atoms with E-state index < -0.39 is 5.97 Å². The van der Waals surface area contributed by atoms with E-state index >= 15 is 0 Å². The van der Waals surface area contributed by atoms with Crippen LogP contribution in [0.25, 0.3) is 11.3 Å². The number of aliphatic carboxylic acids is 1. The van der Waals surface area contributed by atoms with E-state index in [2.05, 4.69) is 24.0 Å². The van der Waals surface area contributed by atoms with Gasteiger partial charge in [-0.1, -0.05) is 74.8 Å². The van der Waals surface area contributed by atoms with Crippen LogP contribution in [0.1, 0.15) is 73.4 Å². The van der Waals surface area contributed by atoms with Crippen LogP contribution in [-0.2, 0) is 11.2 Å². The number of hydrogen-bond acceptors (Lipinski definition) is 3. The maximum Gasteiger partial charge on any atom is 0.306 e. The number of carboxylic acid groups (broad SMARTS) is 1. The highest BCUT2D eigenvalue weighted by Gasteiger charge is 2.29. The lowest BCUT2D eigenvalue weighted by Crippen LogP contribution is -2.13. The van der Waals surface area contributed by atoms with Crippen molar-refractivity contribution in [3.05, 3.63) is 74.6 Å². The highest BCUT2D eigenvalue weighted by molar-refractivity contribution is 7.12. The van der Waals surface area contributed by atoms with Gasteiger partial charge in [0.25, 0.3) is 0 Å². The fourth-order valence-electron chi connectivity index (χ4n) is 3.50. The van der Waals surface area contributed by atoms with Crippen LogP contribution in [0.2, 0.25) is 5.02 Å². The summed E-state index contributed by atoms with van der Waals surface area (Å²) in [6, 6.07) is 16.2. The first-order chi connectivity index (χ1) is 15.9. The third kappa shape index (κ3) is 8.28. The SMILES string of the molecule is CC.CCC(CCc1ccccc1)C(=O)O.Cc1nc(-c2ccc(C)c(Cl)c2)c(C2CC2)s1. The van der Waals surface area contributed by atoms with Gasteiger partial charge in [-0.25, -0.2) is 4.98 Å². The van der Waals surface area contributed by atoms with Gasteiger partial charge in [-0.15, -0.1) is 11.3 Å². The molecule has 3 aromatic rings. The molecule has 5 heteroatoms. The molecule has 0 spiro atoms. The molecule has 1 aromatic heterocycles. The number of halogens is 1. The Balaban J connectivity index is 0.000000222. The number of aryl methyl sites for hydroxylation is 3. The quantitative estimate of drug-likeness (QED) is 0.364. The number of aromatic nitrogens is 1. The van der Waals surface area contributed by atoms with Crippen molar-refractivity contribution >= 4 is 28.9 Å². The lowest BCUT2D eigenvalue weighted by molar-refractivity contribution is -0.142. The number of thiazole rings is 1. The molecule has 1 N–H and O–H groups in total. The van der Waals surface area contributed by atoms with Crippen LogP contribution >= 0.6 is 22.9 Å². The van der Waals surface area contributed by atoms with Crippen molar-refractivity contribution in [1.82, 2.24) is 4.98 Å². The zero-order valence-corrected chi connectivity index (χ0v) is 22.0. The smallest absolute Gasteiger partial charge is 0.306 e. The summed E-state index contributed by atoms with van der Waals surface area (Å²) in [5.41, 5.74) is 4.64. The molecule has 1 aliphatic rings. The van der Waals surface area contributed by atoms with Crippen molar-refractivity contribution in [1.29, 1.82) is 0 Å². The molecule has 0 radical (unpaired) electrons. The summed E-state index contributed by atoms with van der Waals surface area (Å²) in [6.45, 7) is 10.0. The van der Waals surface area contributed by atoms with Gasteiger partial charge in [0.1, 0.15) is 0 Å². The van der Waals surface area contributed by atoms with Gasteiger partial charge < -0.3 is 5.11 Å². The average molecular weight is 486 g/mol. The lowest BCUT2D eigenvalue weighted by Gasteiger charge is -2.08. The molecule has 0 amide bonds. The van der Waals surface area contributed by atoms with Crippen LogP contribution in [0, 0.1) is 19.8 Å². The fraction of sp³-hybridized carbons (Fsp3) is 0.429. The number of hydrogen-bond donors (Lipinski definition) is 1. The molecule has 33 heavy (non-hydrogen) atoms. The van der Waals surface area contributed by atoms with E-state index in [4.69, 9.17) is 16.7 Å². The van der Waals surface area contributed by atoms with Gasteiger partial charge in [0.2, 0.25) is 0 Å². The summed E-state index contributed by atoms with van der Waals surface area (Å²) in [5, 5.41) is 10.8. The monoisotopic (exact) mass is 485 g/mol. The Labute approximate surface area is 207 Å². The number of nitrogens with zero attached hydrogens (tertiary/aromatic N) is 1. The maximum absolute atomic E-state index is 10.8. The standard InChI is InChI=1S/C14H14ClNS.C12H16O2.C2H6/c1-8-3-4-11(7-12(8)15)13-14(10-5-6-10)17-9(2)16-13;1-2-11(12(13)14)9-8-10-6-4-3-5-7-10;1-2/h3-4,7,10H,5-6H2,1-2H3;3-7,11H,2,8-9H2,1H3,(H,13,14);1-2H3. The number of carboxylic acids is 1. The summed E-state index contributed by atoms with van der Waals surface area (Å²) >= 11 is 8.03. The van der Waals surface area contributed by atoms with E-state index in [0.717, 1.165) is 45.6 Å². The van der Waals surface area contributed by atoms with E-state index in [1.54, 1.807) is 0 Å². The molecular formula is C28H36ClNO2S. The van der Waals surface area contributed by atoms with Crippen LogP contribution < -0.4 is 0 Å². The third-order valence-corrected chi connectivity index (χ3v) is 7.16. The Hall–Kier alpha value is -2.17. The van der Waals surface area contributed by atoms with Gasteiger partial charge in [0.05, 0.1) is 16.6 Å². The molecular weight excluding hydrogens is 450 g/mol. The minimum atomic E-state index is -0.677. The van der Waals surface area contributed by atoms with E-state index in [0.29, 0.717) is 6.42 Å². The summed E-state index contributed by atoms with van der Waals surface area (Å²) in [5.74, 6) is -0.130. The Morgan fingerprint density at radius 1 is 1.15 bits per heavy atom. The summed E-state index contributed by atoms with van der Waals surface area (Å²) in [4.78, 5) is 16.9. The molecule has 4 rings (SSSR count). The van der Waals surface area contributed by atoms with Crippen LogP contribution in [0.4, 0.5) is 0 Å². The largest absolute Gasteiger partial charge is 0.481 e. The Bertz CT molecular complexity index is 1010. The number of carbonyl (C=O) groups is 1. The van der Waals surface area contributed by atoms with Gasteiger partial charge in [-0.05, 0) is 69.1 Å². The van der Waals surface area contributed by atoms with Gasteiger partial charge >= 0.3 is 5.97 Å². The van der Waals surface area contributed by atoms with E-state index in [1.807, 2.05) is 75.4 Å². The molecule has 1 atom stereocenters. The van der Waals surface area contributed by atoms with E-state index in [9.17, 15) is 4.79 Å². The van der Waals surface area contributed by atoms with Crippen molar-refractivity contribution in [3.63, 3.8) is 0 Å². The first-order valence-corrected chi connectivity index (χ1v) is 13.1. The van der Waals surface area contributed by atoms with Crippen molar-refractivity contribution in [2.24, 2.45) is 5.92 Å². The summed E-state index contributed by atoms with van der Waals surface area (Å²) in [6.07, 6.45) is 4.92. The van der Waals surface area contributed by atoms with Gasteiger partial charge in [-0.2, -0.15) is 0 Å². The van der Waals surface area contributed by atoms with Crippen LogP contribution in [0.15, 0.2) is 48.5 Å². The Morgan fingerprint density at radius 3 is 2.36 bits per heavy atom. The summed E-state index contributed by atoms with van der Waals surface area (Å²) < 4.78 is 0. The predicted molar refractivity (Wildman–Crippen MR) is 142 cm³/mol. The van der Waals surface area contributed by atoms with Gasteiger partial charge in [-0.3, -0.25) is 4.79 Å². The fourth-order valence-corrected chi connectivity index (χ4v) is 4.80. The van der Waals surface area contributed by atoms with Gasteiger partial charge in [0, 0.05) is 15.5 Å². The first-order valence-electron chi connectivity index (χ1n) is 11.9. The number of benzene rings is 2. The minimum Gasteiger partial charge on any atom is -0.481 e. The van der Waals surface area contributed by atoms with Crippen molar-refractivity contribution in [2.45, 2.75) is 72.6 Å². The number of rotatable bonds is 7. The van der Waals surface area contributed by atoms with Crippen molar-refractivity contribution in [3.8, 4) is 11.3 Å². The highest BCUT2D eigenvalue weighted by Crippen LogP contribution is 2.47. The third-order valence-electron chi connectivity index (χ3n) is 5.62. The molecule has 1 aliphatic carbocycles. The van der Waals surface area contributed by atoms with Crippen LogP contribution in [0.3, 0.4) is 0 Å². The molecule has 2 aromatic carbocycles.